The average Bonchev–Trinajstić information content (AvgIpc) is 3.43. The highest BCUT2D eigenvalue weighted by molar-refractivity contribution is 7.99. The fourth-order valence-electron chi connectivity index (χ4n) is 5.27. The van der Waals surface area contributed by atoms with Crippen LogP contribution >= 0.6 is 11.8 Å². The molecule has 1 aliphatic rings. The number of carbonyl (C=O) groups is 2. The number of carbonyl (C=O) groups excluding carboxylic acids is 2. The third-order valence-corrected chi connectivity index (χ3v) is 8.64. The van der Waals surface area contributed by atoms with E-state index in [1.54, 1.807) is 31.4 Å². The minimum absolute atomic E-state index is 0.114. The molecule has 4 aromatic rings. The number of methoxy groups -OCH3 is 1. The number of likely N-dealkylation sites (tertiary alicyclic amines) is 1. The summed E-state index contributed by atoms with van der Waals surface area (Å²) in [5.74, 6) is 2.07. The van der Waals surface area contributed by atoms with Gasteiger partial charge in [0.25, 0.3) is 5.91 Å². The van der Waals surface area contributed by atoms with E-state index >= 15 is 0 Å². The highest BCUT2D eigenvalue weighted by Crippen LogP contribution is 2.27. The third-order valence-electron chi connectivity index (χ3n) is 7.72. The third kappa shape index (κ3) is 7.20. The Morgan fingerprint density at radius 1 is 0.976 bits per heavy atom. The zero-order valence-electron chi connectivity index (χ0n) is 24.4. The molecule has 2 heterocycles. The van der Waals surface area contributed by atoms with Gasteiger partial charge in [0, 0.05) is 18.7 Å². The predicted molar refractivity (Wildman–Crippen MR) is 165 cm³/mol. The van der Waals surface area contributed by atoms with Crippen LogP contribution in [0.2, 0.25) is 0 Å². The van der Waals surface area contributed by atoms with Crippen LogP contribution in [-0.2, 0) is 17.8 Å². The molecule has 1 fully saturated rings. The zero-order valence-corrected chi connectivity index (χ0v) is 25.2. The number of rotatable bonds is 10. The van der Waals surface area contributed by atoms with E-state index in [2.05, 4.69) is 58.0 Å². The first-order chi connectivity index (χ1) is 20.4. The molecular weight excluding hydrogens is 546 g/mol. The molecule has 0 radical (unpaired) electrons. The highest BCUT2D eigenvalue weighted by Gasteiger charge is 2.24. The van der Waals surface area contributed by atoms with Crippen molar-refractivity contribution in [2.45, 2.75) is 44.8 Å². The van der Waals surface area contributed by atoms with Crippen LogP contribution in [0.15, 0.2) is 78.0 Å². The first kappa shape index (κ1) is 29.4. The SMILES string of the molecule is COc1ccc(C(=O)NCc2nnc(SCC(=O)N3CCC(Cc4ccccc4)CC3)n2-c2cc(C)ccc2C)cc1. The number of aromatic nitrogens is 3. The molecule has 1 aromatic heterocycles. The van der Waals surface area contributed by atoms with Gasteiger partial charge in [0.15, 0.2) is 11.0 Å². The van der Waals surface area contributed by atoms with Crippen molar-refractivity contribution in [2.75, 3.05) is 26.0 Å². The van der Waals surface area contributed by atoms with Gasteiger partial charge in [-0.3, -0.25) is 14.2 Å². The first-order valence-corrected chi connectivity index (χ1v) is 15.3. The lowest BCUT2D eigenvalue weighted by molar-refractivity contribution is -0.129. The number of thioether (sulfide) groups is 1. The van der Waals surface area contributed by atoms with Crippen LogP contribution in [0.1, 0.15) is 45.7 Å². The van der Waals surface area contributed by atoms with E-state index < -0.39 is 0 Å². The molecule has 0 bridgehead atoms. The van der Waals surface area contributed by atoms with Crippen molar-refractivity contribution < 1.29 is 14.3 Å². The molecule has 42 heavy (non-hydrogen) atoms. The first-order valence-electron chi connectivity index (χ1n) is 14.3. The number of amides is 2. The quantitative estimate of drug-likeness (QED) is 0.252. The number of piperidine rings is 1. The molecule has 1 saturated heterocycles. The maximum Gasteiger partial charge on any atom is 0.251 e. The summed E-state index contributed by atoms with van der Waals surface area (Å²) < 4.78 is 7.15. The summed E-state index contributed by atoms with van der Waals surface area (Å²) in [4.78, 5) is 28.0. The molecule has 1 N–H and O–H groups in total. The predicted octanol–water partition coefficient (Wildman–Crippen LogP) is 5.40. The second kappa shape index (κ2) is 13.7. The van der Waals surface area contributed by atoms with Crippen molar-refractivity contribution in [2.24, 2.45) is 5.92 Å². The van der Waals surface area contributed by atoms with Crippen LogP contribution in [0.4, 0.5) is 0 Å². The van der Waals surface area contributed by atoms with Crippen molar-refractivity contribution in [3.05, 3.63) is 101 Å². The molecule has 218 valence electrons. The lowest BCUT2D eigenvalue weighted by Gasteiger charge is -2.32. The number of hydrogen-bond acceptors (Lipinski definition) is 6. The number of nitrogens with one attached hydrogen (secondary N) is 1. The number of benzene rings is 3. The number of nitrogens with zero attached hydrogens (tertiary/aromatic N) is 4. The molecule has 1 aliphatic heterocycles. The fraction of sp³-hybridized carbons (Fsp3) is 0.333. The molecule has 0 spiro atoms. The summed E-state index contributed by atoms with van der Waals surface area (Å²) in [5, 5.41) is 12.5. The lowest BCUT2D eigenvalue weighted by atomic mass is 9.90. The van der Waals surface area contributed by atoms with Gasteiger partial charge in [-0.05, 0) is 86.1 Å². The van der Waals surface area contributed by atoms with Crippen LogP contribution in [0.25, 0.3) is 5.69 Å². The van der Waals surface area contributed by atoms with Crippen molar-refractivity contribution in [1.82, 2.24) is 25.0 Å². The second-order valence-corrected chi connectivity index (χ2v) is 11.7. The molecule has 2 amide bonds. The van der Waals surface area contributed by atoms with E-state index in [0.29, 0.717) is 28.2 Å². The zero-order chi connectivity index (χ0) is 29.5. The molecule has 0 atom stereocenters. The maximum absolute atomic E-state index is 13.2. The summed E-state index contributed by atoms with van der Waals surface area (Å²) in [7, 11) is 1.59. The summed E-state index contributed by atoms with van der Waals surface area (Å²) in [6.45, 7) is 5.82. The summed E-state index contributed by atoms with van der Waals surface area (Å²) in [6, 6.07) is 23.7. The minimum Gasteiger partial charge on any atom is -0.497 e. The maximum atomic E-state index is 13.2. The van der Waals surface area contributed by atoms with E-state index in [4.69, 9.17) is 4.74 Å². The van der Waals surface area contributed by atoms with E-state index in [-0.39, 0.29) is 24.1 Å². The second-order valence-electron chi connectivity index (χ2n) is 10.7. The fourth-order valence-corrected chi connectivity index (χ4v) is 6.13. The van der Waals surface area contributed by atoms with Crippen LogP contribution in [0, 0.1) is 19.8 Å². The largest absolute Gasteiger partial charge is 0.497 e. The summed E-state index contributed by atoms with van der Waals surface area (Å²) >= 11 is 1.39. The Balaban J connectivity index is 1.25. The van der Waals surface area contributed by atoms with Crippen molar-refractivity contribution in [1.29, 1.82) is 0 Å². The van der Waals surface area contributed by atoms with Crippen LogP contribution in [0.3, 0.4) is 0 Å². The lowest BCUT2D eigenvalue weighted by Crippen LogP contribution is -2.39. The molecule has 0 aliphatic carbocycles. The van der Waals surface area contributed by atoms with Crippen molar-refractivity contribution in [3.8, 4) is 11.4 Å². The van der Waals surface area contributed by atoms with Crippen molar-refractivity contribution in [3.63, 3.8) is 0 Å². The highest BCUT2D eigenvalue weighted by atomic mass is 32.2. The Kier molecular flexibility index (Phi) is 9.59. The van der Waals surface area contributed by atoms with Gasteiger partial charge in [0.05, 0.1) is 25.1 Å². The van der Waals surface area contributed by atoms with Gasteiger partial charge in [0.1, 0.15) is 5.75 Å². The molecule has 0 saturated carbocycles. The number of aryl methyl sites for hydroxylation is 2. The van der Waals surface area contributed by atoms with Gasteiger partial charge in [-0.1, -0.05) is 54.2 Å². The number of ether oxygens (including phenoxy) is 1. The Bertz CT molecular complexity index is 1510. The average molecular weight is 584 g/mol. The molecule has 8 nitrogen and oxygen atoms in total. The minimum atomic E-state index is -0.215. The van der Waals surface area contributed by atoms with E-state index in [9.17, 15) is 9.59 Å². The summed E-state index contributed by atoms with van der Waals surface area (Å²) in [6.07, 6.45) is 3.10. The smallest absolute Gasteiger partial charge is 0.251 e. The normalized spacial score (nSPS) is 13.6. The van der Waals surface area contributed by atoms with Crippen molar-refractivity contribution >= 4 is 23.6 Å². The molecular formula is C33H37N5O3S. The van der Waals surface area contributed by atoms with Gasteiger partial charge in [0.2, 0.25) is 5.91 Å². The topological polar surface area (TPSA) is 89.3 Å². The van der Waals surface area contributed by atoms with E-state index in [1.807, 2.05) is 29.4 Å². The molecule has 0 unspecified atom stereocenters. The number of hydrogen-bond donors (Lipinski definition) is 1. The van der Waals surface area contributed by atoms with E-state index in [1.165, 1.54) is 17.3 Å². The Hall–Kier alpha value is -4.11. The Morgan fingerprint density at radius 3 is 2.43 bits per heavy atom. The van der Waals surface area contributed by atoms with Gasteiger partial charge in [-0.25, -0.2) is 0 Å². The standard InChI is InChI=1S/C33H37N5O3S/c1-23-9-10-24(2)29(19-23)38-30(21-34-32(40)27-11-13-28(41-3)14-12-27)35-36-33(38)42-22-31(39)37-17-15-26(16-18-37)20-25-7-5-4-6-8-25/h4-14,19,26H,15-18,20-22H2,1-3H3,(H,34,40). The van der Waals surface area contributed by atoms with Crippen LogP contribution in [0.5, 0.6) is 5.75 Å². The molecule has 5 rings (SSSR count). The molecule has 3 aromatic carbocycles. The van der Waals surface area contributed by atoms with Gasteiger partial charge in [-0.15, -0.1) is 10.2 Å². The van der Waals surface area contributed by atoms with Gasteiger partial charge in [-0.2, -0.15) is 0 Å². The monoisotopic (exact) mass is 583 g/mol. The van der Waals surface area contributed by atoms with E-state index in [0.717, 1.165) is 49.2 Å². The Morgan fingerprint density at radius 2 is 1.71 bits per heavy atom. The molecule has 9 heteroatoms. The van der Waals surface area contributed by atoms with Crippen LogP contribution in [-0.4, -0.2) is 57.4 Å². The van der Waals surface area contributed by atoms with Gasteiger partial charge >= 0.3 is 0 Å². The van der Waals surface area contributed by atoms with Crippen LogP contribution < -0.4 is 10.1 Å². The Labute approximate surface area is 251 Å². The van der Waals surface area contributed by atoms with Gasteiger partial charge < -0.3 is 15.0 Å². The summed E-state index contributed by atoms with van der Waals surface area (Å²) in [5.41, 5.74) is 4.98.